The van der Waals surface area contributed by atoms with Gasteiger partial charge in [0.05, 0.1) is 6.61 Å². The summed E-state index contributed by atoms with van der Waals surface area (Å²) < 4.78 is 13.0. The summed E-state index contributed by atoms with van der Waals surface area (Å²) in [5.41, 5.74) is 1.08. The van der Waals surface area contributed by atoms with Crippen LogP contribution in [0.5, 0.6) is 0 Å². The summed E-state index contributed by atoms with van der Waals surface area (Å²) in [6.45, 7) is 4.06. The maximum Gasteiger partial charge on any atom is 0.123 e. The van der Waals surface area contributed by atoms with Gasteiger partial charge in [-0.15, -0.1) is 0 Å². The molecule has 1 N–H and O–H groups in total. The van der Waals surface area contributed by atoms with Crippen LogP contribution in [-0.4, -0.2) is 29.7 Å². The molecule has 0 aliphatic carbocycles. The van der Waals surface area contributed by atoms with E-state index in [-0.39, 0.29) is 18.0 Å². The zero-order chi connectivity index (χ0) is 12.3. The Morgan fingerprint density at radius 2 is 2.00 bits per heavy atom. The zero-order valence-electron chi connectivity index (χ0n) is 10.3. The third kappa shape index (κ3) is 2.50. The maximum atomic E-state index is 13.0. The van der Waals surface area contributed by atoms with Crippen LogP contribution < -0.4 is 0 Å². The van der Waals surface area contributed by atoms with Crippen molar-refractivity contribution in [3.8, 4) is 0 Å². The summed E-state index contributed by atoms with van der Waals surface area (Å²) in [7, 11) is 0. The van der Waals surface area contributed by atoms with E-state index in [0.717, 1.165) is 18.5 Å². The van der Waals surface area contributed by atoms with E-state index >= 15 is 0 Å². The van der Waals surface area contributed by atoms with Gasteiger partial charge in [-0.1, -0.05) is 18.6 Å². The molecule has 3 heteroatoms. The molecule has 1 saturated heterocycles. The number of rotatable bonds is 3. The quantitative estimate of drug-likeness (QED) is 0.873. The van der Waals surface area contributed by atoms with Gasteiger partial charge in [0.25, 0.3) is 0 Å². The van der Waals surface area contributed by atoms with Crippen molar-refractivity contribution in [2.75, 3.05) is 19.7 Å². The Morgan fingerprint density at radius 3 is 2.65 bits per heavy atom. The van der Waals surface area contributed by atoms with Gasteiger partial charge in [-0.3, -0.25) is 4.90 Å². The van der Waals surface area contributed by atoms with E-state index in [2.05, 4.69) is 11.8 Å². The Kier molecular flexibility index (Phi) is 3.79. The lowest BCUT2D eigenvalue weighted by atomic mass is 9.82. The average molecular weight is 237 g/mol. The van der Waals surface area contributed by atoms with Gasteiger partial charge in [-0.2, -0.15) is 0 Å². The summed E-state index contributed by atoms with van der Waals surface area (Å²) in [5, 5.41) is 9.14. The van der Waals surface area contributed by atoms with Gasteiger partial charge < -0.3 is 5.11 Å². The lowest BCUT2D eigenvalue weighted by Crippen LogP contribution is -2.48. The topological polar surface area (TPSA) is 23.5 Å². The molecule has 1 aliphatic rings. The number of aliphatic hydroxyl groups excluding tert-OH is 1. The number of hydrogen-bond donors (Lipinski definition) is 1. The molecule has 1 unspecified atom stereocenters. The molecule has 2 nitrogen and oxygen atoms in total. The number of piperidine rings is 1. The van der Waals surface area contributed by atoms with Crippen LogP contribution in [0.3, 0.4) is 0 Å². The highest BCUT2D eigenvalue weighted by molar-refractivity contribution is 5.25. The van der Waals surface area contributed by atoms with Crippen molar-refractivity contribution >= 4 is 0 Å². The van der Waals surface area contributed by atoms with E-state index in [9.17, 15) is 4.39 Å². The highest BCUT2D eigenvalue weighted by Crippen LogP contribution is 2.36. The monoisotopic (exact) mass is 237 g/mol. The summed E-state index contributed by atoms with van der Waals surface area (Å²) in [6, 6.07) is 6.77. The first kappa shape index (κ1) is 12.5. The van der Waals surface area contributed by atoms with Crippen molar-refractivity contribution in [2.24, 2.45) is 0 Å². The number of benzene rings is 1. The van der Waals surface area contributed by atoms with Crippen molar-refractivity contribution in [3.05, 3.63) is 35.6 Å². The molecular formula is C14H20FNO. The first-order valence-corrected chi connectivity index (χ1v) is 6.29. The fourth-order valence-electron chi connectivity index (χ4n) is 2.79. The average Bonchev–Trinajstić information content (AvgIpc) is 2.33. The first-order valence-electron chi connectivity index (χ1n) is 6.29. The molecule has 1 fully saturated rings. The second-order valence-electron chi connectivity index (χ2n) is 4.95. The van der Waals surface area contributed by atoms with E-state index in [1.165, 1.54) is 25.0 Å². The number of nitrogens with zero attached hydrogens (tertiary/aromatic N) is 1. The van der Waals surface area contributed by atoms with Crippen molar-refractivity contribution < 1.29 is 9.50 Å². The summed E-state index contributed by atoms with van der Waals surface area (Å²) in [6.07, 6.45) is 3.44. The molecule has 0 bridgehead atoms. The van der Waals surface area contributed by atoms with Crippen LogP contribution in [0, 0.1) is 5.82 Å². The molecule has 17 heavy (non-hydrogen) atoms. The number of β-amino-alcohol motifs (C(OH)–C–C–N with tert-alkyl or cyclic N) is 1. The van der Waals surface area contributed by atoms with Gasteiger partial charge in [0.15, 0.2) is 0 Å². The lowest BCUT2D eigenvalue weighted by molar-refractivity contribution is 0.0423. The Balaban J connectivity index is 2.27. The van der Waals surface area contributed by atoms with Gasteiger partial charge in [0.1, 0.15) is 5.82 Å². The third-order valence-corrected chi connectivity index (χ3v) is 3.88. The van der Waals surface area contributed by atoms with Crippen molar-refractivity contribution in [1.29, 1.82) is 0 Å². The smallest absolute Gasteiger partial charge is 0.123 e. The molecule has 1 aromatic rings. The van der Waals surface area contributed by atoms with Crippen LogP contribution in [-0.2, 0) is 5.54 Å². The maximum absolute atomic E-state index is 13.0. The van der Waals surface area contributed by atoms with Crippen LogP contribution in [0.25, 0.3) is 0 Å². The van der Waals surface area contributed by atoms with E-state index in [1.807, 2.05) is 12.1 Å². The molecular weight excluding hydrogens is 217 g/mol. The highest BCUT2D eigenvalue weighted by Gasteiger charge is 2.35. The van der Waals surface area contributed by atoms with Crippen molar-refractivity contribution in [3.63, 3.8) is 0 Å². The van der Waals surface area contributed by atoms with E-state index in [0.29, 0.717) is 6.54 Å². The lowest BCUT2D eigenvalue weighted by Gasteiger charge is -2.45. The molecule has 1 aliphatic heterocycles. The molecule has 94 valence electrons. The van der Waals surface area contributed by atoms with Gasteiger partial charge in [0.2, 0.25) is 0 Å². The second kappa shape index (κ2) is 5.15. The molecule has 1 atom stereocenters. The van der Waals surface area contributed by atoms with E-state index < -0.39 is 0 Å². The van der Waals surface area contributed by atoms with Crippen LogP contribution in [0.15, 0.2) is 24.3 Å². The molecule has 0 saturated carbocycles. The molecule has 1 heterocycles. The first-order chi connectivity index (χ1) is 8.16. The van der Waals surface area contributed by atoms with Gasteiger partial charge in [0, 0.05) is 12.1 Å². The van der Waals surface area contributed by atoms with Crippen molar-refractivity contribution in [1.82, 2.24) is 4.90 Å². The number of hydrogen-bond acceptors (Lipinski definition) is 2. The Bertz CT molecular complexity index is 363. The van der Waals surface area contributed by atoms with E-state index in [1.54, 1.807) is 0 Å². The molecule has 2 rings (SSSR count). The molecule has 0 spiro atoms. The molecule has 0 aromatic heterocycles. The fraction of sp³-hybridized carbons (Fsp3) is 0.571. The fourth-order valence-corrected chi connectivity index (χ4v) is 2.79. The normalized spacial score (nSPS) is 26.1. The predicted molar refractivity (Wildman–Crippen MR) is 66.3 cm³/mol. The van der Waals surface area contributed by atoms with Crippen LogP contribution in [0.4, 0.5) is 4.39 Å². The number of likely N-dealkylation sites (tertiary alicyclic amines) is 1. The standard InChI is InChI=1S/C14H20FNO/c1-14(12-4-6-13(15)7-5-12)8-2-3-9-16(14)10-11-17/h4-7,17H,2-3,8-11H2,1H3. The Hall–Kier alpha value is -0.930. The predicted octanol–water partition coefficient (Wildman–Crippen LogP) is 2.52. The van der Waals surface area contributed by atoms with Crippen LogP contribution in [0.2, 0.25) is 0 Å². The summed E-state index contributed by atoms with van der Waals surface area (Å²) in [5.74, 6) is -0.193. The zero-order valence-corrected chi connectivity index (χ0v) is 10.3. The van der Waals surface area contributed by atoms with Gasteiger partial charge >= 0.3 is 0 Å². The number of halogens is 1. The summed E-state index contributed by atoms with van der Waals surface area (Å²) >= 11 is 0. The Labute approximate surface area is 102 Å². The minimum atomic E-state index is -0.193. The minimum Gasteiger partial charge on any atom is -0.395 e. The van der Waals surface area contributed by atoms with E-state index in [4.69, 9.17) is 5.11 Å². The highest BCUT2D eigenvalue weighted by atomic mass is 19.1. The van der Waals surface area contributed by atoms with Crippen molar-refractivity contribution in [2.45, 2.75) is 31.7 Å². The van der Waals surface area contributed by atoms with Gasteiger partial charge in [-0.25, -0.2) is 4.39 Å². The SMILES string of the molecule is CC1(c2ccc(F)cc2)CCCCN1CCO. The molecule has 1 aromatic carbocycles. The largest absolute Gasteiger partial charge is 0.395 e. The third-order valence-electron chi connectivity index (χ3n) is 3.88. The Morgan fingerprint density at radius 1 is 1.29 bits per heavy atom. The van der Waals surface area contributed by atoms with Gasteiger partial charge in [-0.05, 0) is 44.0 Å². The molecule has 0 radical (unpaired) electrons. The number of aliphatic hydroxyl groups is 1. The molecule has 0 amide bonds. The minimum absolute atomic E-state index is 0.0608. The second-order valence-corrected chi connectivity index (χ2v) is 4.95. The van der Waals surface area contributed by atoms with Crippen LogP contribution >= 0.6 is 0 Å². The van der Waals surface area contributed by atoms with Crippen LogP contribution in [0.1, 0.15) is 31.7 Å². The summed E-state index contributed by atoms with van der Waals surface area (Å²) in [4.78, 5) is 2.31.